The molecule has 0 heterocycles. The van der Waals surface area contributed by atoms with Crippen LogP contribution in [0.5, 0.6) is 0 Å². The van der Waals surface area contributed by atoms with Gasteiger partial charge in [0.25, 0.3) is 0 Å². The highest BCUT2D eigenvalue weighted by Crippen LogP contribution is 2.28. The second-order valence-corrected chi connectivity index (χ2v) is 3.61. The maximum absolute atomic E-state index is 10.7. The lowest BCUT2D eigenvalue weighted by atomic mass is 10.0. The van der Waals surface area contributed by atoms with Crippen LogP contribution in [0.1, 0.15) is 25.7 Å². The Morgan fingerprint density at radius 1 is 1.54 bits per heavy atom. The molecule has 1 aliphatic carbocycles. The molecule has 0 aromatic heterocycles. The predicted octanol–water partition coefficient (Wildman–Crippen LogP) is 0.0541. The Labute approximate surface area is 78.3 Å². The van der Waals surface area contributed by atoms with E-state index in [2.05, 4.69) is 10.1 Å². The molecule has 0 saturated heterocycles. The summed E-state index contributed by atoms with van der Waals surface area (Å²) in [6.07, 6.45) is 3.83. The van der Waals surface area contributed by atoms with Gasteiger partial charge in [0.05, 0.1) is 19.3 Å². The Kier molecular flexibility index (Phi) is 3.69. The third kappa shape index (κ3) is 3.32. The topological polar surface area (TPSA) is 58.6 Å². The molecule has 0 radical (unpaired) electrons. The summed E-state index contributed by atoms with van der Waals surface area (Å²) in [5.74, 6) is -0.290. The number of nitrogens with one attached hydrogen (secondary N) is 1. The lowest BCUT2D eigenvalue weighted by Gasteiger charge is -2.21. The molecule has 0 unspecified atom stereocenters. The molecule has 1 rings (SSSR count). The minimum absolute atomic E-state index is 0.179. The van der Waals surface area contributed by atoms with Gasteiger partial charge in [-0.15, -0.1) is 0 Å². The zero-order valence-corrected chi connectivity index (χ0v) is 8.01. The lowest BCUT2D eigenvalue weighted by molar-refractivity contribution is -0.139. The van der Waals surface area contributed by atoms with Gasteiger partial charge in [-0.25, -0.2) is 0 Å². The molecule has 0 aliphatic heterocycles. The summed E-state index contributed by atoms with van der Waals surface area (Å²) >= 11 is 0. The van der Waals surface area contributed by atoms with Crippen molar-refractivity contribution in [1.82, 2.24) is 5.32 Å². The molecule has 4 nitrogen and oxygen atoms in total. The highest BCUT2D eigenvalue weighted by molar-refractivity contribution is 5.71. The molecule has 1 fully saturated rings. The van der Waals surface area contributed by atoms with Crippen molar-refractivity contribution in [1.29, 1.82) is 0 Å². The fourth-order valence-corrected chi connectivity index (χ4v) is 1.68. The van der Waals surface area contributed by atoms with Gasteiger partial charge >= 0.3 is 5.97 Å². The molecule has 1 aliphatic rings. The third-order valence-electron chi connectivity index (χ3n) is 2.49. The summed E-state index contributed by atoms with van der Waals surface area (Å²) in [5.41, 5.74) is -0.589. The second-order valence-electron chi connectivity index (χ2n) is 3.61. The summed E-state index contributed by atoms with van der Waals surface area (Å²) in [7, 11) is 1.36. The molecule has 13 heavy (non-hydrogen) atoms. The molecule has 0 atom stereocenters. The van der Waals surface area contributed by atoms with E-state index in [0.29, 0.717) is 6.54 Å². The average Bonchev–Trinajstić information content (AvgIpc) is 2.52. The van der Waals surface area contributed by atoms with Crippen LogP contribution in [0.3, 0.4) is 0 Å². The summed E-state index contributed by atoms with van der Waals surface area (Å²) in [4.78, 5) is 10.7. The van der Waals surface area contributed by atoms with Crippen molar-refractivity contribution < 1.29 is 14.6 Å². The van der Waals surface area contributed by atoms with Crippen LogP contribution < -0.4 is 5.32 Å². The molecule has 0 bridgehead atoms. The molecule has 1 saturated carbocycles. The van der Waals surface area contributed by atoms with Crippen molar-refractivity contribution in [2.45, 2.75) is 31.3 Å². The molecule has 0 amide bonds. The van der Waals surface area contributed by atoms with Crippen LogP contribution in [0.4, 0.5) is 0 Å². The average molecular weight is 187 g/mol. The fraction of sp³-hybridized carbons (Fsp3) is 0.889. The van der Waals surface area contributed by atoms with E-state index in [1.54, 1.807) is 0 Å². The Hall–Kier alpha value is -0.610. The number of methoxy groups -OCH3 is 1. The van der Waals surface area contributed by atoms with Gasteiger partial charge in [-0.2, -0.15) is 0 Å². The molecule has 0 aromatic carbocycles. The van der Waals surface area contributed by atoms with Crippen LogP contribution in [0.25, 0.3) is 0 Å². The molecule has 2 N–H and O–H groups in total. The Balaban J connectivity index is 2.14. The first-order valence-corrected chi connectivity index (χ1v) is 4.66. The first kappa shape index (κ1) is 10.5. The zero-order valence-electron chi connectivity index (χ0n) is 8.01. The fourth-order valence-electron chi connectivity index (χ4n) is 1.68. The van der Waals surface area contributed by atoms with E-state index < -0.39 is 5.60 Å². The number of esters is 1. The van der Waals surface area contributed by atoms with E-state index in [1.807, 2.05) is 0 Å². The maximum atomic E-state index is 10.7. The number of ether oxygens (including phenoxy) is 1. The number of rotatable bonds is 4. The van der Waals surface area contributed by atoms with Crippen molar-refractivity contribution in [2.24, 2.45) is 0 Å². The molecular formula is C9H17NO3. The van der Waals surface area contributed by atoms with Gasteiger partial charge < -0.3 is 15.2 Å². The zero-order chi connectivity index (χ0) is 9.73. The van der Waals surface area contributed by atoms with Crippen molar-refractivity contribution in [3.8, 4) is 0 Å². The number of carbonyl (C=O) groups excluding carboxylic acids is 1. The minimum Gasteiger partial charge on any atom is -0.468 e. The van der Waals surface area contributed by atoms with E-state index in [-0.39, 0.29) is 12.5 Å². The normalized spacial score (nSPS) is 20.2. The van der Waals surface area contributed by atoms with Gasteiger partial charge in [-0.1, -0.05) is 12.8 Å². The summed E-state index contributed by atoms with van der Waals surface area (Å²) in [6, 6.07) is 0. The Bertz CT molecular complexity index is 176. The first-order valence-electron chi connectivity index (χ1n) is 4.66. The van der Waals surface area contributed by atoms with Crippen LogP contribution >= 0.6 is 0 Å². The van der Waals surface area contributed by atoms with E-state index in [4.69, 9.17) is 0 Å². The molecule has 4 heteroatoms. The van der Waals surface area contributed by atoms with Crippen LogP contribution in [0, 0.1) is 0 Å². The van der Waals surface area contributed by atoms with Gasteiger partial charge in [0, 0.05) is 6.54 Å². The standard InChI is InChI=1S/C9H17NO3/c1-13-8(11)6-10-7-9(12)4-2-3-5-9/h10,12H,2-7H2,1H3. The van der Waals surface area contributed by atoms with Crippen molar-refractivity contribution >= 4 is 5.97 Å². The summed E-state index contributed by atoms with van der Waals surface area (Å²) < 4.78 is 4.46. The molecule has 0 aromatic rings. The number of aliphatic hydroxyl groups is 1. The van der Waals surface area contributed by atoms with Gasteiger partial charge in [0.2, 0.25) is 0 Å². The third-order valence-corrected chi connectivity index (χ3v) is 2.49. The van der Waals surface area contributed by atoms with Crippen molar-refractivity contribution in [3.05, 3.63) is 0 Å². The van der Waals surface area contributed by atoms with E-state index in [0.717, 1.165) is 25.7 Å². The minimum atomic E-state index is -0.589. The first-order chi connectivity index (χ1) is 6.16. The van der Waals surface area contributed by atoms with Gasteiger partial charge in [-0.3, -0.25) is 4.79 Å². The quantitative estimate of drug-likeness (QED) is 0.611. The maximum Gasteiger partial charge on any atom is 0.319 e. The van der Waals surface area contributed by atoms with E-state index >= 15 is 0 Å². The summed E-state index contributed by atoms with van der Waals surface area (Å²) in [6.45, 7) is 0.668. The molecular weight excluding hydrogens is 170 g/mol. The Morgan fingerprint density at radius 3 is 2.69 bits per heavy atom. The van der Waals surface area contributed by atoms with Crippen LogP contribution in [0.2, 0.25) is 0 Å². The van der Waals surface area contributed by atoms with E-state index in [1.165, 1.54) is 7.11 Å². The van der Waals surface area contributed by atoms with Crippen molar-refractivity contribution in [3.63, 3.8) is 0 Å². The van der Waals surface area contributed by atoms with Crippen LogP contribution in [-0.2, 0) is 9.53 Å². The smallest absolute Gasteiger partial charge is 0.319 e. The van der Waals surface area contributed by atoms with Gasteiger partial charge in [-0.05, 0) is 12.8 Å². The largest absolute Gasteiger partial charge is 0.468 e. The summed E-state index contributed by atoms with van der Waals surface area (Å²) in [5, 5.41) is 12.8. The highest BCUT2D eigenvalue weighted by Gasteiger charge is 2.30. The van der Waals surface area contributed by atoms with Gasteiger partial charge in [0.1, 0.15) is 0 Å². The monoisotopic (exact) mass is 187 g/mol. The number of hydrogen-bond donors (Lipinski definition) is 2. The highest BCUT2D eigenvalue weighted by atomic mass is 16.5. The number of carbonyl (C=O) groups is 1. The van der Waals surface area contributed by atoms with E-state index in [9.17, 15) is 9.90 Å². The second kappa shape index (κ2) is 4.58. The van der Waals surface area contributed by atoms with Gasteiger partial charge in [0.15, 0.2) is 0 Å². The van der Waals surface area contributed by atoms with Crippen LogP contribution in [0.15, 0.2) is 0 Å². The number of hydrogen-bond acceptors (Lipinski definition) is 4. The lowest BCUT2D eigenvalue weighted by Crippen LogP contribution is -2.40. The Morgan fingerprint density at radius 2 is 2.15 bits per heavy atom. The predicted molar refractivity (Wildman–Crippen MR) is 48.3 cm³/mol. The SMILES string of the molecule is COC(=O)CNCC1(O)CCCC1. The van der Waals surface area contributed by atoms with Crippen LogP contribution in [-0.4, -0.2) is 36.9 Å². The molecule has 0 spiro atoms. The van der Waals surface area contributed by atoms with Crippen molar-refractivity contribution in [2.75, 3.05) is 20.2 Å². The molecule has 76 valence electrons.